The molecule has 2 rings (SSSR count). The number of ether oxygens (including phenoxy) is 1. The second-order valence-electron chi connectivity index (χ2n) is 5.46. The molecular formula is C18H16F3NO4. The average molecular weight is 367 g/mol. The Morgan fingerprint density at radius 3 is 2.31 bits per heavy atom. The van der Waals surface area contributed by atoms with Crippen LogP contribution in [0.1, 0.15) is 21.5 Å². The number of carbonyl (C=O) groups is 2. The highest BCUT2D eigenvalue weighted by Gasteiger charge is 2.34. The van der Waals surface area contributed by atoms with Gasteiger partial charge in [-0.25, -0.2) is 4.79 Å². The van der Waals surface area contributed by atoms with Crippen LogP contribution in [0.5, 0.6) is 5.75 Å². The van der Waals surface area contributed by atoms with Gasteiger partial charge in [0.15, 0.2) is 0 Å². The predicted molar refractivity (Wildman–Crippen MR) is 86.5 cm³/mol. The number of hydrogen-bond donors (Lipinski definition) is 2. The van der Waals surface area contributed by atoms with Gasteiger partial charge in [-0.15, -0.1) is 0 Å². The standard InChI is InChI=1S/C18H16F3NO4/c1-26-17(25)15(22-16(24)11-6-8-13(23)9-7-11)10-12-4-2-3-5-14(12)18(19,20)21/h2-9,15,23H,10H2,1H3,(H,22,24)/t15-/m1/s1. The summed E-state index contributed by atoms with van der Waals surface area (Å²) < 4.78 is 44.0. The van der Waals surface area contributed by atoms with Crippen LogP contribution in [0.4, 0.5) is 13.2 Å². The molecule has 0 saturated carbocycles. The molecular weight excluding hydrogens is 351 g/mol. The monoisotopic (exact) mass is 367 g/mol. The van der Waals surface area contributed by atoms with E-state index in [9.17, 15) is 27.9 Å². The third-order valence-corrected chi connectivity index (χ3v) is 3.67. The van der Waals surface area contributed by atoms with Crippen molar-refractivity contribution in [2.24, 2.45) is 0 Å². The van der Waals surface area contributed by atoms with Crippen LogP contribution in [-0.2, 0) is 22.1 Å². The molecule has 0 bridgehead atoms. The van der Waals surface area contributed by atoms with Gasteiger partial charge in [0.2, 0.25) is 0 Å². The van der Waals surface area contributed by atoms with Crippen LogP contribution in [0.25, 0.3) is 0 Å². The Bertz CT molecular complexity index is 788. The summed E-state index contributed by atoms with van der Waals surface area (Å²) in [5.41, 5.74) is -0.880. The zero-order valence-electron chi connectivity index (χ0n) is 13.7. The Labute approximate surface area is 147 Å². The topological polar surface area (TPSA) is 75.6 Å². The fourth-order valence-corrected chi connectivity index (χ4v) is 2.38. The minimum atomic E-state index is -4.59. The molecule has 26 heavy (non-hydrogen) atoms. The van der Waals surface area contributed by atoms with Crippen molar-refractivity contribution < 1.29 is 32.6 Å². The minimum Gasteiger partial charge on any atom is -0.508 e. The van der Waals surface area contributed by atoms with Crippen molar-refractivity contribution >= 4 is 11.9 Å². The maximum Gasteiger partial charge on any atom is 0.416 e. The van der Waals surface area contributed by atoms with E-state index in [-0.39, 0.29) is 23.3 Å². The first-order valence-corrected chi connectivity index (χ1v) is 7.55. The van der Waals surface area contributed by atoms with Gasteiger partial charge in [0.1, 0.15) is 11.8 Å². The molecule has 0 radical (unpaired) electrons. The third kappa shape index (κ3) is 4.75. The molecule has 138 valence electrons. The van der Waals surface area contributed by atoms with Crippen LogP contribution in [0.15, 0.2) is 48.5 Å². The summed E-state index contributed by atoms with van der Waals surface area (Å²) in [7, 11) is 1.08. The normalized spacial score (nSPS) is 12.3. The average Bonchev–Trinajstić information content (AvgIpc) is 2.60. The summed E-state index contributed by atoms with van der Waals surface area (Å²) >= 11 is 0. The van der Waals surface area contributed by atoms with Gasteiger partial charge < -0.3 is 15.2 Å². The van der Waals surface area contributed by atoms with Crippen LogP contribution < -0.4 is 5.32 Å². The van der Waals surface area contributed by atoms with Crippen molar-refractivity contribution in [2.75, 3.05) is 7.11 Å². The van der Waals surface area contributed by atoms with Crippen molar-refractivity contribution in [3.63, 3.8) is 0 Å². The quantitative estimate of drug-likeness (QED) is 0.797. The number of aromatic hydroxyl groups is 1. The van der Waals surface area contributed by atoms with Crippen molar-refractivity contribution in [3.05, 3.63) is 65.2 Å². The second-order valence-corrected chi connectivity index (χ2v) is 5.46. The van der Waals surface area contributed by atoms with Gasteiger partial charge in [-0.3, -0.25) is 4.79 Å². The van der Waals surface area contributed by atoms with E-state index in [4.69, 9.17) is 0 Å². The number of hydrogen-bond acceptors (Lipinski definition) is 4. The Morgan fingerprint density at radius 2 is 1.73 bits per heavy atom. The highest BCUT2D eigenvalue weighted by Crippen LogP contribution is 2.32. The van der Waals surface area contributed by atoms with E-state index in [0.29, 0.717) is 0 Å². The van der Waals surface area contributed by atoms with Gasteiger partial charge in [0.25, 0.3) is 5.91 Å². The maximum atomic E-state index is 13.1. The highest BCUT2D eigenvalue weighted by atomic mass is 19.4. The van der Waals surface area contributed by atoms with Gasteiger partial charge in [-0.05, 0) is 35.9 Å². The Balaban J connectivity index is 2.25. The minimum absolute atomic E-state index is 0.0508. The lowest BCUT2D eigenvalue weighted by molar-refractivity contribution is -0.144. The molecule has 2 N–H and O–H groups in total. The number of halogens is 3. The van der Waals surface area contributed by atoms with Gasteiger partial charge in [-0.2, -0.15) is 13.2 Å². The van der Waals surface area contributed by atoms with Gasteiger partial charge in [0, 0.05) is 12.0 Å². The van der Waals surface area contributed by atoms with Crippen LogP contribution >= 0.6 is 0 Å². The highest BCUT2D eigenvalue weighted by molar-refractivity contribution is 5.96. The summed E-state index contributed by atoms with van der Waals surface area (Å²) in [6.45, 7) is 0. The number of phenolic OH excluding ortho intramolecular Hbond substituents is 1. The Kier molecular flexibility index (Phi) is 5.86. The number of benzene rings is 2. The summed E-state index contributed by atoms with van der Waals surface area (Å²) in [4.78, 5) is 24.2. The molecule has 0 aromatic heterocycles. The molecule has 2 aromatic rings. The lowest BCUT2D eigenvalue weighted by Gasteiger charge is -2.19. The lowest BCUT2D eigenvalue weighted by Crippen LogP contribution is -2.43. The first-order valence-electron chi connectivity index (χ1n) is 7.55. The number of phenols is 1. The molecule has 0 fully saturated rings. The summed E-state index contributed by atoms with van der Waals surface area (Å²) in [5.74, 6) is -1.59. The molecule has 1 atom stereocenters. The van der Waals surface area contributed by atoms with Crippen LogP contribution in [-0.4, -0.2) is 30.1 Å². The fraction of sp³-hybridized carbons (Fsp3) is 0.222. The van der Waals surface area contributed by atoms with E-state index in [0.717, 1.165) is 13.2 Å². The van der Waals surface area contributed by atoms with E-state index < -0.39 is 29.7 Å². The molecule has 8 heteroatoms. The van der Waals surface area contributed by atoms with Crippen molar-refractivity contribution in [2.45, 2.75) is 18.6 Å². The summed E-state index contributed by atoms with van der Waals surface area (Å²) in [6.07, 6.45) is -4.97. The Morgan fingerprint density at radius 1 is 1.12 bits per heavy atom. The number of nitrogens with one attached hydrogen (secondary N) is 1. The van der Waals surface area contributed by atoms with E-state index in [2.05, 4.69) is 10.1 Å². The second kappa shape index (κ2) is 7.90. The number of alkyl halides is 3. The van der Waals surface area contributed by atoms with Gasteiger partial charge in [-0.1, -0.05) is 18.2 Å². The first kappa shape index (κ1) is 19.3. The van der Waals surface area contributed by atoms with E-state index in [1.54, 1.807) is 0 Å². The van der Waals surface area contributed by atoms with E-state index in [1.165, 1.54) is 42.5 Å². The summed E-state index contributed by atoms with van der Waals surface area (Å²) in [6, 6.07) is 8.71. The summed E-state index contributed by atoms with van der Waals surface area (Å²) in [5, 5.41) is 11.6. The van der Waals surface area contributed by atoms with Gasteiger partial charge >= 0.3 is 12.1 Å². The smallest absolute Gasteiger partial charge is 0.416 e. The number of amides is 1. The molecule has 0 aliphatic rings. The van der Waals surface area contributed by atoms with Crippen molar-refractivity contribution in [1.29, 1.82) is 0 Å². The zero-order valence-corrected chi connectivity index (χ0v) is 13.7. The molecule has 0 unspecified atom stereocenters. The molecule has 0 heterocycles. The van der Waals surface area contributed by atoms with Crippen LogP contribution in [0, 0.1) is 0 Å². The number of rotatable bonds is 5. The molecule has 2 aromatic carbocycles. The molecule has 0 aliphatic heterocycles. The third-order valence-electron chi connectivity index (χ3n) is 3.67. The van der Waals surface area contributed by atoms with E-state index >= 15 is 0 Å². The van der Waals surface area contributed by atoms with Crippen LogP contribution in [0.3, 0.4) is 0 Å². The largest absolute Gasteiger partial charge is 0.508 e. The van der Waals surface area contributed by atoms with Crippen LogP contribution in [0.2, 0.25) is 0 Å². The SMILES string of the molecule is COC(=O)[C@@H](Cc1ccccc1C(F)(F)F)NC(=O)c1ccc(O)cc1. The van der Waals surface area contributed by atoms with Gasteiger partial charge in [0.05, 0.1) is 12.7 Å². The molecule has 0 aliphatic carbocycles. The molecule has 1 amide bonds. The Hall–Kier alpha value is -3.03. The predicted octanol–water partition coefficient (Wildman–Crippen LogP) is 2.93. The fourth-order valence-electron chi connectivity index (χ4n) is 2.38. The maximum absolute atomic E-state index is 13.1. The molecule has 0 spiro atoms. The number of carbonyl (C=O) groups excluding carboxylic acids is 2. The molecule has 0 saturated heterocycles. The van der Waals surface area contributed by atoms with Crippen molar-refractivity contribution in [1.82, 2.24) is 5.32 Å². The molecule has 5 nitrogen and oxygen atoms in total. The van der Waals surface area contributed by atoms with E-state index in [1.807, 2.05) is 0 Å². The first-order chi connectivity index (χ1) is 12.2. The number of esters is 1. The number of methoxy groups -OCH3 is 1. The lowest BCUT2D eigenvalue weighted by atomic mass is 9.99. The van der Waals surface area contributed by atoms with Crippen molar-refractivity contribution in [3.8, 4) is 5.75 Å². The zero-order chi connectivity index (χ0) is 19.3.